The average molecular weight is 468 g/mol. The highest BCUT2D eigenvalue weighted by atomic mass is 79.9. The van der Waals surface area contributed by atoms with Crippen molar-refractivity contribution in [2.24, 2.45) is 0 Å². The Labute approximate surface area is 169 Å². The van der Waals surface area contributed by atoms with E-state index in [2.05, 4.69) is 15.9 Å². The van der Waals surface area contributed by atoms with Crippen molar-refractivity contribution < 1.29 is 27.1 Å². The zero-order valence-corrected chi connectivity index (χ0v) is 17.3. The number of halogens is 2. The van der Waals surface area contributed by atoms with Gasteiger partial charge in [-0.15, -0.1) is 0 Å². The summed E-state index contributed by atoms with van der Waals surface area (Å²) < 4.78 is 49.3. The van der Waals surface area contributed by atoms with Crippen molar-refractivity contribution in [3.63, 3.8) is 0 Å². The highest BCUT2D eigenvalue weighted by molar-refractivity contribution is 9.09. The highest BCUT2D eigenvalue weighted by Gasteiger charge is 2.38. The first-order chi connectivity index (χ1) is 13.1. The number of nitriles is 1. The Morgan fingerprint density at radius 2 is 2.00 bits per heavy atom. The molecule has 146 valence electrons. The molecule has 2 aromatic carbocycles. The van der Waals surface area contributed by atoms with Crippen LogP contribution >= 0.6 is 15.9 Å². The Balaban J connectivity index is 2.15. The van der Waals surface area contributed by atoms with E-state index in [0.717, 1.165) is 18.4 Å². The number of benzene rings is 2. The Bertz CT molecular complexity index is 1110. The van der Waals surface area contributed by atoms with Gasteiger partial charge in [-0.2, -0.15) is 5.26 Å². The third kappa shape index (κ3) is 4.03. The molecule has 0 amide bonds. The molecule has 0 aliphatic heterocycles. The molecule has 1 aliphatic rings. The van der Waals surface area contributed by atoms with E-state index in [9.17, 15) is 17.6 Å². The molecule has 3 rings (SSSR count). The molecular formula is C19H15BrFNO5S. The molecule has 0 spiro atoms. The molecule has 1 unspecified atom stereocenters. The second-order valence-electron chi connectivity index (χ2n) is 6.35. The third-order valence-corrected chi connectivity index (χ3v) is 6.19. The topological polar surface area (TPSA) is 93.5 Å². The zero-order chi connectivity index (χ0) is 20.6. The van der Waals surface area contributed by atoms with Crippen molar-refractivity contribution >= 4 is 31.7 Å². The zero-order valence-electron chi connectivity index (χ0n) is 14.9. The largest absolute Gasteiger partial charge is 0.458 e. The number of ether oxygens (including phenoxy) is 2. The molecule has 0 radical (unpaired) electrons. The highest BCUT2D eigenvalue weighted by Crippen LogP contribution is 2.52. The first-order valence-electron chi connectivity index (χ1n) is 8.17. The number of carbonyl (C=O) groups is 1. The maximum Gasteiger partial charge on any atom is 0.303 e. The number of fused-ring (bicyclic) bond motifs is 1. The van der Waals surface area contributed by atoms with E-state index in [1.54, 1.807) is 0 Å². The lowest BCUT2D eigenvalue weighted by molar-refractivity contribution is -0.146. The fourth-order valence-corrected chi connectivity index (χ4v) is 4.98. The van der Waals surface area contributed by atoms with Crippen molar-refractivity contribution in [3.8, 4) is 17.6 Å². The Kier molecular flexibility index (Phi) is 5.46. The number of nitrogens with zero attached hydrogens (tertiary/aromatic N) is 1. The van der Waals surface area contributed by atoms with Gasteiger partial charge in [0.1, 0.15) is 23.4 Å². The van der Waals surface area contributed by atoms with Crippen LogP contribution in [0.5, 0.6) is 11.5 Å². The molecule has 9 heteroatoms. The van der Waals surface area contributed by atoms with Crippen molar-refractivity contribution in [2.75, 3.05) is 6.26 Å². The van der Waals surface area contributed by atoms with Gasteiger partial charge in [0, 0.05) is 41.6 Å². The fraction of sp³-hybridized carbons (Fsp3) is 0.263. The molecule has 2 aromatic rings. The predicted octanol–water partition coefficient (Wildman–Crippen LogP) is 4.34. The summed E-state index contributed by atoms with van der Waals surface area (Å²) >= 11 is 3.48. The average Bonchev–Trinajstić information content (AvgIpc) is 2.89. The van der Waals surface area contributed by atoms with Gasteiger partial charge in [-0.05, 0) is 24.3 Å². The van der Waals surface area contributed by atoms with Gasteiger partial charge in [-0.1, -0.05) is 15.9 Å². The standard InChI is InChI=1S/C19H15BrFNO5S/c1-10(23)26-16-8-14(20)18-15(3-4-17(19(16)18)28(2,24)25)27-13-6-11(9-22)5-12(21)7-13/h3-7,14,16H,8H2,1-2H3/t14?,16-/m1/s1. The number of hydrogen-bond donors (Lipinski definition) is 0. The van der Waals surface area contributed by atoms with Gasteiger partial charge >= 0.3 is 5.97 Å². The van der Waals surface area contributed by atoms with Crippen LogP contribution in [0.2, 0.25) is 0 Å². The third-order valence-electron chi connectivity index (χ3n) is 4.20. The molecule has 0 N–H and O–H groups in total. The first-order valence-corrected chi connectivity index (χ1v) is 11.0. The summed E-state index contributed by atoms with van der Waals surface area (Å²) in [5.74, 6) is -0.784. The smallest absolute Gasteiger partial charge is 0.303 e. The van der Waals surface area contributed by atoms with Crippen LogP contribution in [0.1, 0.15) is 41.0 Å². The van der Waals surface area contributed by atoms with Gasteiger partial charge in [0.25, 0.3) is 0 Å². The van der Waals surface area contributed by atoms with Crippen molar-refractivity contribution in [2.45, 2.75) is 29.2 Å². The van der Waals surface area contributed by atoms with Crippen LogP contribution < -0.4 is 4.74 Å². The Morgan fingerprint density at radius 1 is 1.29 bits per heavy atom. The second kappa shape index (κ2) is 7.53. The van der Waals surface area contributed by atoms with Gasteiger partial charge < -0.3 is 9.47 Å². The molecule has 0 aromatic heterocycles. The Hall–Kier alpha value is -2.44. The van der Waals surface area contributed by atoms with Gasteiger partial charge in [-0.25, -0.2) is 12.8 Å². The van der Waals surface area contributed by atoms with Crippen LogP contribution in [0.4, 0.5) is 4.39 Å². The van der Waals surface area contributed by atoms with Crippen molar-refractivity contribution in [3.05, 3.63) is 52.8 Å². The molecular weight excluding hydrogens is 453 g/mol. The van der Waals surface area contributed by atoms with Gasteiger partial charge in [-0.3, -0.25) is 4.79 Å². The predicted molar refractivity (Wildman–Crippen MR) is 102 cm³/mol. The van der Waals surface area contributed by atoms with Gasteiger partial charge in [0.15, 0.2) is 9.84 Å². The summed E-state index contributed by atoms with van der Waals surface area (Å²) in [7, 11) is -3.60. The summed E-state index contributed by atoms with van der Waals surface area (Å²) in [4.78, 5) is 11.2. The minimum Gasteiger partial charge on any atom is -0.458 e. The molecule has 0 heterocycles. The first kappa shape index (κ1) is 20.3. The quantitative estimate of drug-likeness (QED) is 0.490. The number of rotatable bonds is 4. The SMILES string of the molecule is CC(=O)O[C@@H]1CC(Br)c2c(Oc3cc(F)cc(C#N)c3)ccc(S(C)(=O)=O)c21. The van der Waals surface area contributed by atoms with Crippen molar-refractivity contribution in [1.29, 1.82) is 5.26 Å². The summed E-state index contributed by atoms with van der Waals surface area (Å²) in [5, 5.41) is 9.00. The van der Waals surface area contributed by atoms with E-state index in [1.165, 1.54) is 25.1 Å². The lowest BCUT2D eigenvalue weighted by Gasteiger charge is -2.17. The fourth-order valence-electron chi connectivity index (χ4n) is 3.21. The molecule has 0 bridgehead atoms. The number of esters is 1. The van der Waals surface area contributed by atoms with Crippen LogP contribution in [-0.4, -0.2) is 20.6 Å². The second-order valence-corrected chi connectivity index (χ2v) is 9.44. The summed E-state index contributed by atoms with van der Waals surface area (Å²) in [5.41, 5.74) is 0.943. The van der Waals surface area contributed by atoms with Crippen LogP contribution in [0.3, 0.4) is 0 Å². The van der Waals surface area contributed by atoms with E-state index >= 15 is 0 Å². The number of carbonyl (C=O) groups excluding carboxylic acids is 1. The molecule has 0 fully saturated rings. The normalized spacial score (nSPS) is 18.2. The maximum atomic E-state index is 13.7. The summed E-state index contributed by atoms with van der Waals surface area (Å²) in [6.07, 6.45) is 0.637. The van der Waals surface area contributed by atoms with E-state index in [1.807, 2.05) is 6.07 Å². The lowest BCUT2D eigenvalue weighted by Crippen LogP contribution is -2.10. The summed E-state index contributed by atoms with van der Waals surface area (Å²) in [6.45, 7) is 1.25. The molecule has 1 aliphatic carbocycles. The van der Waals surface area contributed by atoms with E-state index in [-0.39, 0.29) is 26.8 Å². The number of alkyl halides is 1. The van der Waals surface area contributed by atoms with Crippen molar-refractivity contribution in [1.82, 2.24) is 0 Å². The lowest BCUT2D eigenvalue weighted by atomic mass is 10.1. The monoisotopic (exact) mass is 467 g/mol. The Morgan fingerprint density at radius 3 is 2.61 bits per heavy atom. The van der Waals surface area contributed by atoms with Gasteiger partial charge in [0.05, 0.1) is 16.5 Å². The molecule has 0 saturated carbocycles. The molecule has 28 heavy (non-hydrogen) atoms. The molecule has 2 atom stereocenters. The van der Waals surface area contributed by atoms with E-state index in [0.29, 0.717) is 17.5 Å². The molecule has 6 nitrogen and oxygen atoms in total. The van der Waals surface area contributed by atoms with Crippen LogP contribution in [-0.2, 0) is 19.4 Å². The number of hydrogen-bond acceptors (Lipinski definition) is 6. The van der Waals surface area contributed by atoms with E-state index in [4.69, 9.17) is 14.7 Å². The minimum absolute atomic E-state index is 0.0417. The minimum atomic E-state index is -3.60. The van der Waals surface area contributed by atoms with Crippen LogP contribution in [0.15, 0.2) is 35.2 Å². The van der Waals surface area contributed by atoms with E-state index < -0.39 is 27.7 Å². The molecule has 0 saturated heterocycles. The van der Waals surface area contributed by atoms with Gasteiger partial charge in [0.2, 0.25) is 0 Å². The van der Waals surface area contributed by atoms with Crippen LogP contribution in [0, 0.1) is 17.1 Å². The number of sulfone groups is 1. The summed E-state index contributed by atoms with van der Waals surface area (Å²) in [6, 6.07) is 8.26. The maximum absolute atomic E-state index is 13.7. The van der Waals surface area contributed by atoms with Crippen LogP contribution in [0.25, 0.3) is 0 Å².